The summed E-state index contributed by atoms with van der Waals surface area (Å²) in [5, 5.41) is 9.44. The zero-order chi connectivity index (χ0) is 29.8. The quantitative estimate of drug-likeness (QED) is 0.258. The van der Waals surface area contributed by atoms with E-state index in [9.17, 15) is 19.5 Å². The summed E-state index contributed by atoms with van der Waals surface area (Å²) >= 11 is 0. The third-order valence-corrected chi connectivity index (χ3v) is 9.44. The number of ether oxygens (including phenoxy) is 1. The summed E-state index contributed by atoms with van der Waals surface area (Å²) in [7, 11) is 0. The average molecular weight is 566 g/mol. The van der Waals surface area contributed by atoms with Crippen molar-refractivity contribution in [3.63, 3.8) is 0 Å². The van der Waals surface area contributed by atoms with Gasteiger partial charge >= 0.3 is 0 Å². The fourth-order valence-corrected chi connectivity index (χ4v) is 7.39. The van der Waals surface area contributed by atoms with Crippen molar-refractivity contribution in [2.75, 3.05) is 32.8 Å². The second kappa shape index (κ2) is 12.9. The zero-order valence-electron chi connectivity index (χ0n) is 25.0. The van der Waals surface area contributed by atoms with E-state index in [0.717, 1.165) is 18.4 Å². The van der Waals surface area contributed by atoms with Gasteiger partial charge in [-0.15, -0.1) is 13.2 Å². The molecule has 4 rings (SSSR count). The summed E-state index contributed by atoms with van der Waals surface area (Å²) in [4.78, 5) is 48.4. The maximum absolute atomic E-state index is 14.5. The predicted octanol–water partition coefficient (Wildman–Crippen LogP) is 3.80. The van der Waals surface area contributed by atoms with Gasteiger partial charge in [0.15, 0.2) is 0 Å². The lowest BCUT2D eigenvalue weighted by atomic mass is 9.62. The minimum absolute atomic E-state index is 0.0109. The molecule has 8 heteroatoms. The lowest BCUT2D eigenvalue weighted by Gasteiger charge is -2.39. The molecule has 3 unspecified atom stereocenters. The number of rotatable bonds is 15. The number of benzene rings is 1. The van der Waals surface area contributed by atoms with E-state index in [4.69, 9.17) is 4.74 Å². The Bertz CT molecular complexity index is 1130. The van der Waals surface area contributed by atoms with E-state index >= 15 is 0 Å². The molecule has 8 nitrogen and oxygen atoms in total. The van der Waals surface area contributed by atoms with Gasteiger partial charge in [-0.3, -0.25) is 14.4 Å². The number of likely N-dealkylation sites (tertiary alicyclic amines) is 1. The van der Waals surface area contributed by atoms with E-state index in [2.05, 4.69) is 27.0 Å². The average Bonchev–Trinajstić information content (AvgIpc) is 3.47. The molecule has 3 aliphatic heterocycles. The molecule has 3 fully saturated rings. The van der Waals surface area contributed by atoms with Crippen LogP contribution in [0.25, 0.3) is 0 Å². The van der Waals surface area contributed by atoms with Crippen LogP contribution in [0.1, 0.15) is 58.4 Å². The first-order chi connectivity index (χ1) is 19.7. The first kappa shape index (κ1) is 31.0. The lowest BCUT2D eigenvalue weighted by Crippen LogP contribution is -2.57. The van der Waals surface area contributed by atoms with Crippen molar-refractivity contribution in [3.05, 3.63) is 61.2 Å². The summed E-state index contributed by atoms with van der Waals surface area (Å²) in [5.41, 5.74) is -0.970. The zero-order valence-corrected chi connectivity index (χ0v) is 25.0. The van der Waals surface area contributed by atoms with Crippen LogP contribution < -0.4 is 0 Å². The molecular formula is C33H47N3O5. The number of unbranched alkanes of at least 4 members (excludes halogenated alkanes) is 2. The highest BCUT2D eigenvalue weighted by molar-refractivity contribution is 5.99. The Hall–Kier alpha value is -2.97. The fraction of sp³-hybridized carbons (Fsp3) is 0.606. The Morgan fingerprint density at radius 3 is 2.41 bits per heavy atom. The molecule has 3 saturated heterocycles. The van der Waals surface area contributed by atoms with Gasteiger partial charge in [-0.2, -0.15) is 0 Å². The molecule has 0 saturated carbocycles. The lowest BCUT2D eigenvalue weighted by molar-refractivity contribution is -0.155. The van der Waals surface area contributed by atoms with Gasteiger partial charge < -0.3 is 24.5 Å². The summed E-state index contributed by atoms with van der Waals surface area (Å²) in [6.45, 7) is 15.9. The highest BCUT2D eigenvalue weighted by Crippen LogP contribution is 2.65. The molecule has 2 bridgehead atoms. The molecule has 224 valence electrons. The number of aliphatic hydroxyl groups is 1. The molecule has 3 heterocycles. The van der Waals surface area contributed by atoms with Gasteiger partial charge in [-0.05, 0) is 44.1 Å². The highest BCUT2D eigenvalue weighted by Gasteiger charge is 2.80. The normalized spacial score (nSPS) is 29.9. The predicted molar refractivity (Wildman–Crippen MR) is 159 cm³/mol. The van der Waals surface area contributed by atoms with E-state index in [0.29, 0.717) is 52.0 Å². The largest absolute Gasteiger partial charge is 0.396 e. The standard InChI is InChI=1S/C33H47N3O5/c1-6-9-19-34(17-7-2)31(40)28-33-22-24(4)32(5,41-33)26(27(33)30(39)36(28)20-13-14-21-37)29(38)35(18-8-3)23-25-15-11-10-12-16-25/h7-8,10-12,15-16,24,26-28,37H,2-3,6,9,13-14,17-23H2,1,4-5H3/t24?,26-,27+,28?,32+,33?/m1/s1. The molecule has 41 heavy (non-hydrogen) atoms. The van der Waals surface area contributed by atoms with Crippen LogP contribution in [0.15, 0.2) is 55.6 Å². The third-order valence-electron chi connectivity index (χ3n) is 9.44. The first-order valence-electron chi connectivity index (χ1n) is 15.1. The molecular weight excluding hydrogens is 518 g/mol. The van der Waals surface area contributed by atoms with E-state index in [1.165, 1.54) is 0 Å². The number of nitrogens with zero attached hydrogens (tertiary/aromatic N) is 3. The number of hydrogen-bond acceptors (Lipinski definition) is 5. The number of fused-ring (bicyclic) bond motifs is 1. The number of carbonyl (C=O) groups excluding carboxylic acids is 3. The van der Waals surface area contributed by atoms with Crippen LogP contribution in [0.4, 0.5) is 0 Å². The van der Waals surface area contributed by atoms with Crippen LogP contribution in [-0.4, -0.2) is 87.6 Å². The third kappa shape index (κ3) is 5.48. The minimum atomic E-state index is -1.08. The van der Waals surface area contributed by atoms with Crippen molar-refractivity contribution < 1.29 is 24.2 Å². The van der Waals surface area contributed by atoms with Gasteiger partial charge in [0, 0.05) is 39.3 Å². The molecule has 0 radical (unpaired) electrons. The van der Waals surface area contributed by atoms with Crippen molar-refractivity contribution in [3.8, 4) is 0 Å². The van der Waals surface area contributed by atoms with E-state index < -0.39 is 29.1 Å². The molecule has 1 aromatic rings. The molecule has 6 atom stereocenters. The number of amides is 3. The second-order valence-electron chi connectivity index (χ2n) is 12.1. The van der Waals surface area contributed by atoms with Gasteiger partial charge in [0.05, 0.1) is 17.4 Å². The van der Waals surface area contributed by atoms with Gasteiger partial charge in [-0.25, -0.2) is 0 Å². The van der Waals surface area contributed by atoms with Gasteiger partial charge in [0.2, 0.25) is 17.7 Å². The number of carbonyl (C=O) groups is 3. The topological polar surface area (TPSA) is 90.4 Å². The van der Waals surface area contributed by atoms with E-state index in [1.807, 2.05) is 37.3 Å². The molecule has 3 amide bonds. The van der Waals surface area contributed by atoms with Crippen molar-refractivity contribution in [2.45, 2.75) is 76.7 Å². The second-order valence-corrected chi connectivity index (χ2v) is 12.1. The summed E-state index contributed by atoms with van der Waals surface area (Å²) < 4.78 is 6.91. The Morgan fingerprint density at radius 2 is 1.78 bits per heavy atom. The van der Waals surface area contributed by atoms with Crippen LogP contribution in [0.2, 0.25) is 0 Å². The summed E-state index contributed by atoms with van der Waals surface area (Å²) in [5.74, 6) is -1.97. The highest BCUT2D eigenvalue weighted by atomic mass is 16.5. The molecule has 1 spiro atoms. The van der Waals surface area contributed by atoms with Crippen LogP contribution in [0, 0.1) is 17.8 Å². The van der Waals surface area contributed by atoms with Crippen LogP contribution in [-0.2, 0) is 25.7 Å². The van der Waals surface area contributed by atoms with Crippen LogP contribution in [0.5, 0.6) is 0 Å². The van der Waals surface area contributed by atoms with Crippen molar-refractivity contribution in [1.82, 2.24) is 14.7 Å². The maximum Gasteiger partial charge on any atom is 0.248 e. The SMILES string of the molecule is C=CCN(CCCC)C(=O)C1N(CCCCO)C(=O)[C@@H]2[C@H](C(=O)N(CC=C)Cc3ccccc3)[C@@]3(C)OC12CC3C. The van der Waals surface area contributed by atoms with Gasteiger partial charge in [-0.1, -0.05) is 62.8 Å². The Labute approximate surface area is 245 Å². The van der Waals surface area contributed by atoms with Crippen molar-refractivity contribution in [1.29, 1.82) is 0 Å². The summed E-state index contributed by atoms with van der Waals surface area (Å²) in [6.07, 6.45) is 6.82. The number of hydrogen-bond donors (Lipinski definition) is 1. The van der Waals surface area contributed by atoms with Crippen molar-refractivity contribution in [2.24, 2.45) is 17.8 Å². The fourth-order valence-electron chi connectivity index (χ4n) is 7.39. The van der Waals surface area contributed by atoms with Gasteiger partial charge in [0.1, 0.15) is 11.6 Å². The monoisotopic (exact) mass is 565 g/mol. The van der Waals surface area contributed by atoms with E-state index in [-0.39, 0.29) is 30.2 Å². The molecule has 0 aliphatic carbocycles. The Morgan fingerprint density at radius 1 is 1.10 bits per heavy atom. The Balaban J connectivity index is 1.76. The Kier molecular flexibility index (Phi) is 9.75. The smallest absolute Gasteiger partial charge is 0.248 e. The molecule has 0 aromatic heterocycles. The first-order valence-corrected chi connectivity index (χ1v) is 15.1. The minimum Gasteiger partial charge on any atom is -0.396 e. The summed E-state index contributed by atoms with van der Waals surface area (Å²) in [6, 6.07) is 8.97. The molecule has 1 aromatic carbocycles. The van der Waals surface area contributed by atoms with Crippen LogP contribution >= 0.6 is 0 Å². The maximum atomic E-state index is 14.5. The molecule has 3 aliphatic rings. The van der Waals surface area contributed by atoms with Gasteiger partial charge in [0.25, 0.3) is 0 Å². The number of aliphatic hydroxyl groups excluding tert-OH is 1. The molecule has 1 N–H and O–H groups in total. The van der Waals surface area contributed by atoms with Crippen LogP contribution in [0.3, 0.4) is 0 Å². The van der Waals surface area contributed by atoms with Crippen molar-refractivity contribution >= 4 is 17.7 Å². The van der Waals surface area contributed by atoms with E-state index in [1.54, 1.807) is 26.9 Å².